The van der Waals surface area contributed by atoms with Crippen molar-refractivity contribution in [2.45, 2.75) is 45.2 Å². The van der Waals surface area contributed by atoms with Crippen molar-refractivity contribution in [1.82, 2.24) is 25.1 Å². The third-order valence-electron chi connectivity index (χ3n) is 5.56. The molecule has 1 aromatic carbocycles. The number of hydrogen-bond acceptors (Lipinski definition) is 8. The molecule has 0 N–H and O–H groups in total. The number of anilines is 1. The SMILES string of the molecule is CCOC(=O)OCC1(N(C(=O)CC)c2ccccc2)CCN(CCn2ncnn2)CC1. The molecule has 31 heavy (non-hydrogen) atoms. The number of rotatable bonds is 9. The zero-order valence-electron chi connectivity index (χ0n) is 18.1. The van der Waals surface area contributed by atoms with Crippen molar-refractivity contribution in [1.29, 1.82) is 0 Å². The zero-order chi connectivity index (χ0) is 22.1. The van der Waals surface area contributed by atoms with Crippen molar-refractivity contribution in [3.63, 3.8) is 0 Å². The van der Waals surface area contributed by atoms with Crippen molar-refractivity contribution in [2.75, 3.05) is 37.7 Å². The summed E-state index contributed by atoms with van der Waals surface area (Å²) < 4.78 is 10.4. The Morgan fingerprint density at radius 1 is 1.10 bits per heavy atom. The fourth-order valence-electron chi connectivity index (χ4n) is 3.92. The van der Waals surface area contributed by atoms with E-state index in [1.165, 1.54) is 6.33 Å². The third kappa shape index (κ3) is 5.78. The van der Waals surface area contributed by atoms with Gasteiger partial charge in [-0.15, -0.1) is 10.2 Å². The quantitative estimate of drug-likeness (QED) is 0.558. The van der Waals surface area contributed by atoms with Crippen LogP contribution in [0.3, 0.4) is 0 Å². The van der Waals surface area contributed by atoms with E-state index < -0.39 is 11.7 Å². The van der Waals surface area contributed by atoms with Gasteiger partial charge >= 0.3 is 6.16 Å². The predicted octanol–water partition coefficient (Wildman–Crippen LogP) is 2.12. The van der Waals surface area contributed by atoms with Crippen LogP contribution in [0.15, 0.2) is 36.7 Å². The van der Waals surface area contributed by atoms with E-state index in [0.717, 1.165) is 25.3 Å². The highest BCUT2D eigenvalue weighted by molar-refractivity contribution is 5.94. The van der Waals surface area contributed by atoms with Crippen LogP contribution in [-0.4, -0.2) is 75.6 Å². The number of hydrogen-bond donors (Lipinski definition) is 0. The van der Waals surface area contributed by atoms with Gasteiger partial charge in [-0.2, -0.15) is 4.80 Å². The second kappa shape index (κ2) is 10.9. The Labute approximate surface area is 182 Å². The minimum absolute atomic E-state index is 0.000996. The summed E-state index contributed by atoms with van der Waals surface area (Å²) in [5, 5.41) is 11.7. The molecule has 168 valence electrons. The van der Waals surface area contributed by atoms with E-state index in [4.69, 9.17) is 9.47 Å². The molecular formula is C21H30N6O4. The molecule has 1 amide bonds. The van der Waals surface area contributed by atoms with Gasteiger partial charge in [-0.1, -0.05) is 25.1 Å². The third-order valence-corrected chi connectivity index (χ3v) is 5.56. The van der Waals surface area contributed by atoms with Crippen LogP contribution in [0.2, 0.25) is 0 Å². The molecule has 10 heteroatoms. The lowest BCUT2D eigenvalue weighted by molar-refractivity contribution is -0.120. The van der Waals surface area contributed by atoms with E-state index in [-0.39, 0.29) is 19.1 Å². The number of aromatic nitrogens is 4. The normalized spacial score (nSPS) is 15.9. The molecule has 0 bridgehead atoms. The number of carbonyl (C=O) groups is 2. The van der Waals surface area contributed by atoms with Crippen LogP contribution in [0, 0.1) is 0 Å². The smallest absolute Gasteiger partial charge is 0.435 e. The summed E-state index contributed by atoms with van der Waals surface area (Å²) in [6.45, 7) is 6.83. The molecular weight excluding hydrogens is 400 g/mol. The van der Waals surface area contributed by atoms with E-state index >= 15 is 0 Å². The topological polar surface area (TPSA) is 103 Å². The van der Waals surface area contributed by atoms with Gasteiger partial charge in [0.2, 0.25) is 5.91 Å². The molecule has 3 rings (SSSR count). The first-order valence-corrected chi connectivity index (χ1v) is 10.7. The molecule has 2 heterocycles. The molecule has 0 unspecified atom stereocenters. The zero-order valence-corrected chi connectivity index (χ0v) is 18.1. The van der Waals surface area contributed by atoms with Gasteiger partial charge in [-0.05, 0) is 37.1 Å². The number of para-hydroxylation sites is 1. The maximum Gasteiger partial charge on any atom is 0.508 e. The van der Waals surface area contributed by atoms with Crippen LogP contribution >= 0.6 is 0 Å². The first kappa shape index (κ1) is 22.7. The number of ether oxygens (including phenoxy) is 2. The van der Waals surface area contributed by atoms with Gasteiger partial charge < -0.3 is 19.3 Å². The first-order chi connectivity index (χ1) is 15.1. The molecule has 1 fully saturated rings. The Morgan fingerprint density at radius 2 is 1.84 bits per heavy atom. The van der Waals surface area contributed by atoms with E-state index in [0.29, 0.717) is 25.8 Å². The molecule has 0 radical (unpaired) electrons. The fraction of sp³-hybridized carbons (Fsp3) is 0.571. The van der Waals surface area contributed by atoms with Crippen molar-refractivity contribution in [3.05, 3.63) is 36.7 Å². The lowest BCUT2D eigenvalue weighted by Crippen LogP contribution is -2.60. The number of nitrogens with zero attached hydrogens (tertiary/aromatic N) is 6. The highest BCUT2D eigenvalue weighted by Crippen LogP contribution is 2.34. The molecule has 1 aromatic heterocycles. The molecule has 10 nitrogen and oxygen atoms in total. The minimum atomic E-state index is -0.710. The van der Waals surface area contributed by atoms with Crippen LogP contribution in [0.1, 0.15) is 33.1 Å². The second-order valence-corrected chi connectivity index (χ2v) is 7.49. The number of tetrazole rings is 1. The molecule has 2 aromatic rings. The maximum atomic E-state index is 13.1. The average molecular weight is 431 g/mol. The Hall–Kier alpha value is -3.01. The molecule has 1 aliphatic heterocycles. The number of amides is 1. The molecule has 0 aliphatic carbocycles. The molecule has 0 atom stereocenters. The van der Waals surface area contributed by atoms with Gasteiger partial charge in [-0.25, -0.2) is 4.79 Å². The van der Waals surface area contributed by atoms with Gasteiger partial charge in [0.25, 0.3) is 0 Å². The van der Waals surface area contributed by atoms with Gasteiger partial charge in [0.15, 0.2) is 6.33 Å². The maximum absolute atomic E-state index is 13.1. The van der Waals surface area contributed by atoms with Crippen molar-refractivity contribution >= 4 is 17.7 Å². The molecule has 0 saturated carbocycles. The lowest BCUT2D eigenvalue weighted by Gasteiger charge is -2.48. The monoisotopic (exact) mass is 430 g/mol. The second-order valence-electron chi connectivity index (χ2n) is 7.49. The van der Waals surface area contributed by atoms with Crippen LogP contribution in [0.5, 0.6) is 0 Å². The van der Waals surface area contributed by atoms with Gasteiger partial charge in [0, 0.05) is 31.7 Å². The lowest BCUT2D eigenvalue weighted by atomic mass is 9.85. The number of benzene rings is 1. The number of piperidine rings is 1. The van der Waals surface area contributed by atoms with Crippen LogP contribution in [0.4, 0.5) is 10.5 Å². The van der Waals surface area contributed by atoms with E-state index in [1.54, 1.807) is 11.7 Å². The summed E-state index contributed by atoms with van der Waals surface area (Å²) >= 11 is 0. The van der Waals surface area contributed by atoms with E-state index in [9.17, 15) is 9.59 Å². The van der Waals surface area contributed by atoms with Crippen LogP contribution < -0.4 is 4.90 Å². The van der Waals surface area contributed by atoms with Crippen molar-refractivity contribution in [3.8, 4) is 0 Å². The molecule has 1 saturated heterocycles. The van der Waals surface area contributed by atoms with Crippen LogP contribution in [-0.2, 0) is 20.8 Å². The largest absolute Gasteiger partial charge is 0.508 e. The summed E-state index contributed by atoms with van der Waals surface area (Å²) in [5.74, 6) is -0.000996. The summed E-state index contributed by atoms with van der Waals surface area (Å²) in [4.78, 5) is 30.7. The van der Waals surface area contributed by atoms with Crippen LogP contribution in [0.25, 0.3) is 0 Å². The number of carbonyl (C=O) groups excluding carboxylic acids is 2. The number of likely N-dealkylation sites (tertiary alicyclic amines) is 1. The highest BCUT2D eigenvalue weighted by Gasteiger charge is 2.44. The Bertz CT molecular complexity index is 822. The average Bonchev–Trinajstić information content (AvgIpc) is 3.32. The van der Waals surface area contributed by atoms with Crippen molar-refractivity contribution < 1.29 is 19.1 Å². The summed E-state index contributed by atoms with van der Waals surface area (Å²) in [5.41, 5.74) is 0.172. The van der Waals surface area contributed by atoms with Gasteiger partial charge in [0.05, 0.1) is 18.7 Å². The summed E-state index contributed by atoms with van der Waals surface area (Å²) in [6.07, 6.45) is 2.40. The van der Waals surface area contributed by atoms with E-state index in [1.807, 2.05) is 42.2 Å². The molecule has 0 spiro atoms. The van der Waals surface area contributed by atoms with E-state index in [2.05, 4.69) is 20.3 Å². The fourth-order valence-corrected chi connectivity index (χ4v) is 3.92. The predicted molar refractivity (Wildman–Crippen MR) is 113 cm³/mol. The Balaban J connectivity index is 1.78. The first-order valence-electron chi connectivity index (χ1n) is 10.7. The Kier molecular flexibility index (Phi) is 7.94. The van der Waals surface area contributed by atoms with Crippen molar-refractivity contribution in [2.24, 2.45) is 0 Å². The highest BCUT2D eigenvalue weighted by atomic mass is 16.7. The minimum Gasteiger partial charge on any atom is -0.435 e. The summed E-state index contributed by atoms with van der Waals surface area (Å²) in [6, 6.07) is 9.57. The standard InChI is InChI=1S/C21H30N6O4/c1-3-19(28)27(18-8-6-5-7-9-18)21(16-31-20(29)30-4-2)10-12-25(13-11-21)14-15-26-23-17-22-24-26/h5-9,17H,3-4,10-16H2,1-2H3. The summed E-state index contributed by atoms with van der Waals surface area (Å²) in [7, 11) is 0. The van der Waals surface area contributed by atoms with Gasteiger partial charge in [0.1, 0.15) is 6.61 Å². The molecule has 1 aliphatic rings. The Morgan fingerprint density at radius 3 is 2.45 bits per heavy atom. The van der Waals surface area contributed by atoms with Gasteiger partial charge in [-0.3, -0.25) is 4.79 Å².